The van der Waals surface area contributed by atoms with Crippen molar-refractivity contribution in [3.8, 4) is 0 Å². The largest absolute Gasteiger partial charge is 0.470 e. The molecule has 0 bridgehead atoms. The van der Waals surface area contributed by atoms with Crippen LogP contribution in [0.15, 0.2) is 28.9 Å². The van der Waals surface area contributed by atoms with Crippen LogP contribution in [0.4, 0.5) is 5.82 Å². The Balaban J connectivity index is 2.80. The van der Waals surface area contributed by atoms with Gasteiger partial charge in [0.15, 0.2) is 8.32 Å². The molecule has 0 amide bonds. The normalized spacial score (nSPS) is 20.5. The molecule has 200 valence electrons. The van der Waals surface area contributed by atoms with Crippen molar-refractivity contribution in [3.63, 3.8) is 0 Å². The Kier molecular flexibility index (Phi) is 7.74. The van der Waals surface area contributed by atoms with Gasteiger partial charge in [0, 0.05) is 6.20 Å². The summed E-state index contributed by atoms with van der Waals surface area (Å²) in [4.78, 5) is 36.5. The van der Waals surface area contributed by atoms with Crippen LogP contribution in [0.1, 0.15) is 68.5 Å². The SMILES string of the molecule is CC(C)(C)C(OP(=O)(O)O)(C1=C[C@@H](O[Si](C)(C)C(C)(C)C)[C@H](n2ccc(N)nc2=O)O1)C(C)(C)C. The zero-order valence-corrected chi connectivity index (χ0v) is 24.6. The third-order valence-corrected chi connectivity index (χ3v) is 11.9. The van der Waals surface area contributed by atoms with E-state index >= 15 is 0 Å². The first kappa shape index (κ1) is 29.7. The van der Waals surface area contributed by atoms with E-state index in [0.717, 1.165) is 0 Å². The van der Waals surface area contributed by atoms with E-state index in [1.807, 2.05) is 41.5 Å². The van der Waals surface area contributed by atoms with Gasteiger partial charge in [0.1, 0.15) is 23.3 Å². The number of nitrogens with two attached hydrogens (primary N) is 1. The zero-order chi connectivity index (χ0) is 27.4. The number of ether oxygens (including phenoxy) is 1. The second-order valence-corrected chi connectivity index (χ2v) is 18.6. The molecular formula is C23H42N3O7PSi. The average Bonchev–Trinajstić information content (AvgIpc) is 2.98. The lowest BCUT2D eigenvalue weighted by atomic mass is 9.61. The van der Waals surface area contributed by atoms with Gasteiger partial charge >= 0.3 is 13.5 Å². The number of nitrogens with zero attached hydrogens (tertiary/aromatic N) is 2. The van der Waals surface area contributed by atoms with Crippen molar-refractivity contribution in [1.29, 1.82) is 0 Å². The molecular weight excluding hydrogens is 489 g/mol. The molecule has 1 aliphatic heterocycles. The van der Waals surface area contributed by atoms with E-state index in [0.29, 0.717) is 0 Å². The molecule has 1 aliphatic rings. The molecule has 4 N–H and O–H groups in total. The molecule has 2 rings (SSSR count). The minimum atomic E-state index is -4.98. The summed E-state index contributed by atoms with van der Waals surface area (Å²) in [5, 5.41) is -0.147. The van der Waals surface area contributed by atoms with E-state index in [1.54, 1.807) is 6.08 Å². The van der Waals surface area contributed by atoms with E-state index in [9.17, 15) is 19.1 Å². The lowest BCUT2D eigenvalue weighted by molar-refractivity contribution is -0.142. The highest BCUT2D eigenvalue weighted by Crippen LogP contribution is 2.60. The van der Waals surface area contributed by atoms with Gasteiger partial charge in [-0.2, -0.15) is 4.98 Å². The molecule has 35 heavy (non-hydrogen) atoms. The molecule has 10 nitrogen and oxygen atoms in total. The van der Waals surface area contributed by atoms with Crippen LogP contribution in [-0.2, 0) is 18.3 Å². The van der Waals surface area contributed by atoms with Crippen LogP contribution < -0.4 is 11.4 Å². The van der Waals surface area contributed by atoms with Gasteiger partial charge in [-0.15, -0.1) is 0 Å². The Labute approximate surface area is 209 Å². The summed E-state index contributed by atoms with van der Waals surface area (Å²) in [5.74, 6) is 0.265. The molecule has 2 atom stereocenters. The first-order valence-corrected chi connectivity index (χ1v) is 16.0. The van der Waals surface area contributed by atoms with Crippen LogP contribution >= 0.6 is 7.82 Å². The van der Waals surface area contributed by atoms with Gasteiger partial charge < -0.3 is 24.7 Å². The number of phosphoric ester groups is 1. The predicted octanol–water partition coefficient (Wildman–Crippen LogP) is 4.57. The fourth-order valence-corrected chi connectivity index (χ4v) is 6.69. The lowest BCUT2D eigenvalue weighted by Gasteiger charge is -2.52. The fourth-order valence-electron chi connectivity index (χ4n) is 4.47. The third kappa shape index (κ3) is 5.92. The number of anilines is 1. The molecule has 0 saturated carbocycles. The topological polar surface area (TPSA) is 146 Å². The van der Waals surface area contributed by atoms with Gasteiger partial charge in [-0.3, -0.25) is 9.09 Å². The fraction of sp³-hybridized carbons (Fsp3) is 0.739. The van der Waals surface area contributed by atoms with Gasteiger partial charge in [-0.25, -0.2) is 9.36 Å². The van der Waals surface area contributed by atoms with Crippen LogP contribution in [0.2, 0.25) is 18.1 Å². The summed E-state index contributed by atoms with van der Waals surface area (Å²) in [6.07, 6.45) is 1.47. The van der Waals surface area contributed by atoms with Crippen LogP contribution in [-0.4, -0.2) is 39.4 Å². The standard InChI is InChI=1S/C23H42N3O7PSi/c1-20(2,3)23(21(4,5)6,33-34(28,29)30)16-14-15(32-35(10,11)22(7,8)9)18(31-16)26-13-12-17(24)25-19(26)27/h12-15,18H,1-11H3,(H2,24,25,27)(H2,28,29,30)/t15-,18-/m1/s1. The molecule has 0 radical (unpaired) electrons. The molecule has 0 aliphatic carbocycles. The first-order valence-electron chi connectivity index (χ1n) is 11.6. The van der Waals surface area contributed by atoms with E-state index in [2.05, 4.69) is 38.8 Å². The molecule has 0 unspecified atom stereocenters. The maximum absolute atomic E-state index is 12.8. The summed E-state index contributed by atoms with van der Waals surface area (Å²) < 4.78 is 32.2. The van der Waals surface area contributed by atoms with E-state index in [1.165, 1.54) is 16.8 Å². The first-order chi connectivity index (χ1) is 15.4. The van der Waals surface area contributed by atoms with Gasteiger partial charge in [-0.1, -0.05) is 62.3 Å². The van der Waals surface area contributed by atoms with Crippen molar-refractivity contribution < 1.29 is 28.0 Å². The van der Waals surface area contributed by atoms with Gasteiger partial charge in [0.25, 0.3) is 0 Å². The number of hydrogen-bond donors (Lipinski definition) is 3. The van der Waals surface area contributed by atoms with E-state index < -0.39 is 50.6 Å². The number of rotatable bonds is 6. The smallest absolute Gasteiger partial charge is 0.468 e. The molecule has 1 aromatic heterocycles. The Bertz CT molecular complexity index is 1060. The summed E-state index contributed by atoms with van der Waals surface area (Å²) in [6.45, 7) is 21.4. The predicted molar refractivity (Wildman–Crippen MR) is 138 cm³/mol. The number of hydrogen-bond acceptors (Lipinski definition) is 7. The highest BCUT2D eigenvalue weighted by atomic mass is 31.2. The molecule has 0 saturated heterocycles. The zero-order valence-electron chi connectivity index (χ0n) is 22.7. The van der Waals surface area contributed by atoms with E-state index in [4.69, 9.17) is 19.4 Å². The Hall–Kier alpha value is -1.49. The van der Waals surface area contributed by atoms with Gasteiger partial charge in [-0.05, 0) is 41.1 Å². The van der Waals surface area contributed by atoms with Crippen molar-refractivity contribution in [2.75, 3.05) is 5.73 Å². The quantitative estimate of drug-likeness (QED) is 0.355. The number of nitrogen functional groups attached to an aromatic ring is 1. The van der Waals surface area contributed by atoms with Crippen molar-refractivity contribution in [2.24, 2.45) is 10.8 Å². The highest BCUT2D eigenvalue weighted by molar-refractivity contribution is 7.46. The minimum absolute atomic E-state index is 0.0721. The Morgan fingerprint density at radius 1 is 1.09 bits per heavy atom. The number of aromatic nitrogens is 2. The molecule has 0 aromatic carbocycles. The number of phosphoric acid groups is 1. The van der Waals surface area contributed by atoms with Crippen LogP contribution in [0.5, 0.6) is 0 Å². The van der Waals surface area contributed by atoms with Crippen LogP contribution in [0.3, 0.4) is 0 Å². The minimum Gasteiger partial charge on any atom is -0.468 e. The molecule has 0 spiro atoms. The summed E-state index contributed by atoms with van der Waals surface area (Å²) in [7, 11) is -7.36. The Morgan fingerprint density at radius 3 is 2.00 bits per heavy atom. The van der Waals surface area contributed by atoms with Crippen molar-refractivity contribution >= 4 is 22.0 Å². The maximum atomic E-state index is 12.8. The molecule has 0 fully saturated rings. The molecule has 2 heterocycles. The van der Waals surface area contributed by atoms with Crippen molar-refractivity contribution in [1.82, 2.24) is 9.55 Å². The average molecular weight is 532 g/mol. The monoisotopic (exact) mass is 531 g/mol. The Morgan fingerprint density at radius 2 is 1.60 bits per heavy atom. The summed E-state index contributed by atoms with van der Waals surface area (Å²) in [5.41, 5.74) is 1.82. The second kappa shape index (κ2) is 9.11. The second-order valence-electron chi connectivity index (χ2n) is 12.7. The van der Waals surface area contributed by atoms with Gasteiger partial charge in [0.2, 0.25) is 6.23 Å². The molecule has 1 aromatic rings. The summed E-state index contributed by atoms with van der Waals surface area (Å²) >= 11 is 0. The maximum Gasteiger partial charge on any atom is 0.470 e. The molecule has 12 heteroatoms. The third-order valence-electron chi connectivity index (χ3n) is 6.92. The van der Waals surface area contributed by atoms with Crippen molar-refractivity contribution in [3.05, 3.63) is 34.6 Å². The van der Waals surface area contributed by atoms with Crippen molar-refractivity contribution in [2.45, 2.75) is 98.4 Å². The van der Waals surface area contributed by atoms with Gasteiger partial charge in [0.05, 0.1) is 0 Å². The highest BCUT2D eigenvalue weighted by Gasteiger charge is 2.61. The van der Waals surface area contributed by atoms with Crippen LogP contribution in [0.25, 0.3) is 0 Å². The van der Waals surface area contributed by atoms with Crippen LogP contribution in [0, 0.1) is 10.8 Å². The van der Waals surface area contributed by atoms with E-state index in [-0.39, 0.29) is 16.6 Å². The lowest BCUT2D eigenvalue weighted by Crippen LogP contribution is -2.56. The summed E-state index contributed by atoms with van der Waals surface area (Å²) in [6, 6.07) is 1.49.